The number of rotatable bonds is 11. The maximum Gasteiger partial charge on any atom is 0.407 e. The molecular formula is C50H54N4O7S. The Morgan fingerprint density at radius 1 is 0.839 bits per heavy atom. The van der Waals surface area contributed by atoms with Crippen molar-refractivity contribution in [2.24, 2.45) is 4.99 Å². The van der Waals surface area contributed by atoms with Crippen LogP contribution < -0.4 is 14.8 Å². The molecule has 0 unspecified atom stereocenters. The van der Waals surface area contributed by atoms with Gasteiger partial charge < -0.3 is 24.8 Å². The van der Waals surface area contributed by atoms with Crippen LogP contribution in [0.5, 0.6) is 5.75 Å². The highest BCUT2D eigenvalue weighted by molar-refractivity contribution is 7.90. The summed E-state index contributed by atoms with van der Waals surface area (Å²) in [5.74, 6) is -0.521. The zero-order valence-corrected chi connectivity index (χ0v) is 36.9. The van der Waals surface area contributed by atoms with Crippen LogP contribution in [-0.4, -0.2) is 68.3 Å². The Kier molecular flexibility index (Phi) is 11.6. The van der Waals surface area contributed by atoms with Crippen LogP contribution in [0.2, 0.25) is 0 Å². The van der Waals surface area contributed by atoms with E-state index in [0.717, 1.165) is 74.2 Å². The van der Waals surface area contributed by atoms with E-state index in [2.05, 4.69) is 22.2 Å². The number of amides is 1. The third-order valence-electron chi connectivity index (χ3n) is 12.7. The van der Waals surface area contributed by atoms with Gasteiger partial charge in [-0.3, -0.25) is 0 Å². The fourth-order valence-electron chi connectivity index (χ4n) is 9.46. The zero-order chi connectivity index (χ0) is 43.9. The summed E-state index contributed by atoms with van der Waals surface area (Å²) in [5.41, 5.74) is 10.9. The number of carboxylic acid groups (broad SMARTS) is 1. The lowest BCUT2D eigenvalue weighted by Gasteiger charge is -2.27. The number of aryl methyl sites for hydroxylation is 2. The maximum atomic E-state index is 14.8. The van der Waals surface area contributed by atoms with E-state index in [1.807, 2.05) is 113 Å². The number of carbonyl (C=O) groups excluding carboxylic acids is 1. The Hall–Kier alpha value is -6.14. The molecule has 1 aliphatic heterocycles. The molecule has 0 bridgehead atoms. The van der Waals surface area contributed by atoms with Crippen molar-refractivity contribution in [2.45, 2.75) is 95.2 Å². The second kappa shape index (κ2) is 17.0. The second-order valence-electron chi connectivity index (χ2n) is 17.3. The third kappa shape index (κ3) is 8.27. The van der Waals surface area contributed by atoms with Crippen LogP contribution in [0.25, 0.3) is 11.1 Å². The Morgan fingerprint density at radius 2 is 1.39 bits per heavy atom. The number of benzene rings is 5. The predicted molar refractivity (Wildman–Crippen MR) is 240 cm³/mol. The van der Waals surface area contributed by atoms with Crippen LogP contribution in [0.3, 0.4) is 0 Å². The molecule has 62 heavy (non-hydrogen) atoms. The van der Waals surface area contributed by atoms with Gasteiger partial charge in [-0.25, -0.2) is 27.7 Å². The quantitative estimate of drug-likeness (QED) is 0.0886. The van der Waals surface area contributed by atoms with Crippen LogP contribution in [0, 0.1) is 20.8 Å². The highest BCUT2D eigenvalue weighted by atomic mass is 32.2. The Balaban J connectivity index is 1.04. The predicted octanol–water partition coefficient (Wildman–Crippen LogP) is 8.55. The van der Waals surface area contributed by atoms with Gasteiger partial charge in [0, 0.05) is 31.5 Å². The highest BCUT2D eigenvalue weighted by Gasteiger charge is 2.38. The molecule has 5 aromatic rings. The summed E-state index contributed by atoms with van der Waals surface area (Å²) in [6.45, 7) is 9.80. The van der Waals surface area contributed by atoms with E-state index in [-0.39, 0.29) is 42.8 Å². The average Bonchev–Trinajstić information content (AvgIpc) is 3.70. The van der Waals surface area contributed by atoms with Gasteiger partial charge in [-0.05, 0) is 121 Å². The van der Waals surface area contributed by atoms with E-state index in [4.69, 9.17) is 14.5 Å². The first-order valence-electron chi connectivity index (χ1n) is 21.3. The largest absolute Gasteiger partial charge is 0.487 e. The lowest BCUT2D eigenvalue weighted by atomic mass is 9.94. The number of hydrogen-bond acceptors (Lipinski definition) is 7. The van der Waals surface area contributed by atoms with Crippen molar-refractivity contribution in [3.8, 4) is 16.9 Å². The van der Waals surface area contributed by atoms with Gasteiger partial charge in [0.05, 0.1) is 4.90 Å². The molecule has 3 aliphatic rings. The molecule has 322 valence electrons. The molecule has 1 amide bonds. The Labute approximate surface area is 364 Å². The molecule has 0 saturated heterocycles. The topological polar surface area (TPSA) is 147 Å². The molecule has 0 aromatic heterocycles. The minimum absolute atomic E-state index is 0.0514. The smallest absolute Gasteiger partial charge is 0.407 e. The number of alkyl carbamates (subject to hydrolysis) is 1. The lowest BCUT2D eigenvalue weighted by Crippen LogP contribution is -2.44. The van der Waals surface area contributed by atoms with Gasteiger partial charge >= 0.3 is 12.1 Å². The molecule has 1 heterocycles. The number of ether oxygens (including phenoxy) is 2. The van der Waals surface area contributed by atoms with Gasteiger partial charge in [0.15, 0.2) is 0 Å². The van der Waals surface area contributed by atoms with Gasteiger partial charge in [0.25, 0.3) is 10.0 Å². The molecule has 0 saturated carbocycles. The summed E-state index contributed by atoms with van der Waals surface area (Å²) in [7, 11) is -2.48. The average molecular weight is 855 g/mol. The molecule has 0 spiro atoms. The fraction of sp³-hybridized carbons (Fsp3) is 0.340. The Morgan fingerprint density at radius 3 is 1.97 bits per heavy atom. The molecule has 5 aromatic carbocycles. The van der Waals surface area contributed by atoms with Gasteiger partial charge in [-0.1, -0.05) is 97.1 Å². The van der Waals surface area contributed by atoms with Crippen molar-refractivity contribution < 1.29 is 32.6 Å². The van der Waals surface area contributed by atoms with E-state index in [1.54, 1.807) is 18.9 Å². The van der Waals surface area contributed by atoms with Gasteiger partial charge in [0.2, 0.25) is 5.96 Å². The number of carboxylic acids is 1. The second-order valence-corrected chi connectivity index (χ2v) is 19.0. The van der Waals surface area contributed by atoms with Crippen LogP contribution in [0.1, 0.15) is 94.3 Å². The molecule has 12 heteroatoms. The number of aliphatic imine (C=N–C) groups is 1. The molecule has 0 fully saturated rings. The summed E-state index contributed by atoms with van der Waals surface area (Å²) in [4.78, 5) is 32.8. The van der Waals surface area contributed by atoms with E-state index >= 15 is 0 Å². The summed E-state index contributed by atoms with van der Waals surface area (Å²) in [6.07, 6.45) is 1.71. The summed E-state index contributed by atoms with van der Waals surface area (Å²) >= 11 is 0. The van der Waals surface area contributed by atoms with Crippen LogP contribution in [0.15, 0.2) is 107 Å². The van der Waals surface area contributed by atoms with E-state index < -0.39 is 39.8 Å². The number of nitrogens with zero attached hydrogens (tertiary/aromatic N) is 2. The summed E-state index contributed by atoms with van der Waals surface area (Å²) in [5, 5.41) is 12.8. The van der Waals surface area contributed by atoms with Crippen LogP contribution >= 0.6 is 0 Å². The third-order valence-corrected chi connectivity index (χ3v) is 14.3. The molecule has 3 N–H and O–H groups in total. The minimum Gasteiger partial charge on any atom is -0.487 e. The normalized spacial score (nSPS) is 15.8. The number of hydrogen-bond donors (Lipinski definition) is 3. The van der Waals surface area contributed by atoms with Crippen molar-refractivity contribution in [3.63, 3.8) is 0 Å². The molecule has 1 atom stereocenters. The van der Waals surface area contributed by atoms with Crippen LogP contribution in [0.4, 0.5) is 4.79 Å². The van der Waals surface area contributed by atoms with E-state index in [0.29, 0.717) is 17.5 Å². The first-order chi connectivity index (χ1) is 29.6. The minimum atomic E-state index is -4.23. The number of aliphatic carboxylic acids is 1. The molecule has 11 nitrogen and oxygen atoms in total. The SMILES string of the molecule is Cc1c(C)c(S(=O)(=O)N/C(=N\C2c3ccccc3CCc3ccccc32)N(C)CCC[C@H](NC(=O)OCC2c3ccccc3-c3ccccc32)C(=O)O)c(C)c2c1OC(C)(C)C2. The monoisotopic (exact) mass is 854 g/mol. The van der Waals surface area contributed by atoms with Crippen molar-refractivity contribution in [1.29, 1.82) is 0 Å². The van der Waals surface area contributed by atoms with Crippen molar-refractivity contribution in [1.82, 2.24) is 14.9 Å². The molecule has 8 rings (SSSR count). The van der Waals surface area contributed by atoms with Crippen molar-refractivity contribution in [2.75, 3.05) is 20.2 Å². The number of nitrogens with one attached hydrogen (secondary N) is 2. The highest BCUT2D eigenvalue weighted by Crippen LogP contribution is 2.45. The zero-order valence-electron chi connectivity index (χ0n) is 36.1. The van der Waals surface area contributed by atoms with Crippen molar-refractivity contribution >= 4 is 28.0 Å². The van der Waals surface area contributed by atoms with Crippen molar-refractivity contribution in [3.05, 3.63) is 153 Å². The first kappa shape index (κ1) is 42.5. The lowest BCUT2D eigenvalue weighted by molar-refractivity contribution is -0.139. The van der Waals surface area contributed by atoms with Crippen LogP contribution in [-0.2, 0) is 38.8 Å². The summed E-state index contributed by atoms with van der Waals surface area (Å²) in [6, 6.07) is 30.5. The van der Waals surface area contributed by atoms with E-state index in [1.165, 1.54) is 0 Å². The number of guanidine groups is 1. The standard InChI is InChI=1S/C50H54N4O7S/c1-30-31(2)46(32(3)41-28-50(4,5)61-45(30)41)62(58,59)53-48(52-44-35-18-9-7-16-33(35)25-26-34-17-8-10-19-36(34)44)54(6)27-15-24-43(47(55)56)51-49(57)60-29-42-39-22-13-11-20-37(39)38-21-12-14-23-40(38)42/h7-14,16-23,42-44H,15,24-29H2,1-6H3,(H,51,57)(H,52,53)(H,55,56)/t43-/m0/s1. The number of sulfonamides is 1. The summed E-state index contributed by atoms with van der Waals surface area (Å²) < 4.78 is 44.5. The first-order valence-corrected chi connectivity index (χ1v) is 22.7. The maximum absolute atomic E-state index is 14.8. The fourth-order valence-corrected chi connectivity index (χ4v) is 11.1. The molecule has 2 aliphatic carbocycles. The molecular weight excluding hydrogens is 801 g/mol. The number of fused-ring (bicyclic) bond motifs is 6. The van der Waals surface area contributed by atoms with E-state index in [9.17, 15) is 23.1 Å². The number of carbonyl (C=O) groups is 2. The van der Waals surface area contributed by atoms with Gasteiger partial charge in [-0.2, -0.15) is 0 Å². The Bertz CT molecular complexity index is 2620. The molecule has 0 radical (unpaired) electrons. The van der Waals surface area contributed by atoms with Gasteiger partial charge in [-0.15, -0.1) is 0 Å². The van der Waals surface area contributed by atoms with Gasteiger partial charge in [0.1, 0.15) is 30.0 Å².